The maximum Gasteiger partial charge on any atom is 0.501 e. The van der Waals surface area contributed by atoms with Gasteiger partial charge >= 0.3 is 7.12 Å². The molecule has 0 amide bonds. The zero-order valence-corrected chi connectivity index (χ0v) is 11.4. The van der Waals surface area contributed by atoms with Crippen molar-refractivity contribution in [3.8, 4) is 11.5 Å². The topological polar surface area (TPSA) is 36.9 Å². The third kappa shape index (κ3) is 2.62. The first kappa shape index (κ1) is 13.2. The van der Waals surface area contributed by atoms with E-state index in [1.165, 1.54) is 0 Å². The molecule has 0 aliphatic carbocycles. The summed E-state index contributed by atoms with van der Waals surface area (Å²) in [5.41, 5.74) is 0.865. The van der Waals surface area contributed by atoms with E-state index in [1.807, 2.05) is 18.2 Å². The number of methoxy groups -OCH3 is 2. The Hall–Kier alpha value is -1.20. The Bertz CT molecular complexity index is 387. The summed E-state index contributed by atoms with van der Waals surface area (Å²) >= 11 is 0. The van der Waals surface area contributed by atoms with Crippen molar-refractivity contribution in [2.45, 2.75) is 13.8 Å². The molecule has 4 nitrogen and oxygen atoms in total. The molecule has 0 aromatic heterocycles. The van der Waals surface area contributed by atoms with Crippen LogP contribution in [0, 0.1) is 5.41 Å². The molecular weight excluding hydrogens is 231 g/mol. The van der Waals surface area contributed by atoms with Crippen LogP contribution in [0.5, 0.6) is 11.5 Å². The number of ether oxygens (including phenoxy) is 2. The Kier molecular flexibility index (Phi) is 3.83. The molecule has 2 rings (SSSR count). The Morgan fingerprint density at radius 1 is 1.06 bits per heavy atom. The lowest BCUT2D eigenvalue weighted by Crippen LogP contribution is -2.48. The average molecular weight is 250 g/mol. The lowest BCUT2D eigenvalue weighted by Gasteiger charge is -2.33. The van der Waals surface area contributed by atoms with Crippen LogP contribution in [0.3, 0.4) is 0 Å². The second-order valence-electron chi connectivity index (χ2n) is 5.19. The molecule has 1 saturated heterocycles. The molecule has 1 aliphatic heterocycles. The molecule has 0 atom stereocenters. The summed E-state index contributed by atoms with van der Waals surface area (Å²) in [6.07, 6.45) is 0. The van der Waals surface area contributed by atoms with Gasteiger partial charge in [-0.05, 0) is 12.1 Å². The molecular formula is C13H19BO4. The van der Waals surface area contributed by atoms with Gasteiger partial charge in [-0.15, -0.1) is 0 Å². The highest BCUT2D eigenvalue weighted by molar-refractivity contribution is 6.63. The van der Waals surface area contributed by atoms with Crippen LogP contribution in [-0.2, 0) is 9.31 Å². The highest BCUT2D eigenvalue weighted by Gasteiger charge is 2.37. The molecule has 0 radical (unpaired) electrons. The highest BCUT2D eigenvalue weighted by Crippen LogP contribution is 2.25. The van der Waals surface area contributed by atoms with Crippen molar-refractivity contribution in [2.75, 3.05) is 27.4 Å². The Balaban J connectivity index is 2.27. The number of hydrogen-bond acceptors (Lipinski definition) is 4. The highest BCUT2D eigenvalue weighted by atomic mass is 16.6. The summed E-state index contributed by atoms with van der Waals surface area (Å²) in [7, 11) is 2.83. The molecule has 1 aliphatic rings. The summed E-state index contributed by atoms with van der Waals surface area (Å²) < 4.78 is 22.3. The number of rotatable bonds is 3. The molecule has 0 spiro atoms. The van der Waals surface area contributed by atoms with Crippen molar-refractivity contribution in [3.63, 3.8) is 0 Å². The normalized spacial score (nSPS) is 18.6. The van der Waals surface area contributed by atoms with Crippen molar-refractivity contribution >= 4 is 12.6 Å². The van der Waals surface area contributed by atoms with Crippen LogP contribution in [-0.4, -0.2) is 34.6 Å². The van der Waals surface area contributed by atoms with Crippen LogP contribution in [0.15, 0.2) is 18.2 Å². The van der Waals surface area contributed by atoms with Gasteiger partial charge in [-0.3, -0.25) is 0 Å². The van der Waals surface area contributed by atoms with E-state index in [0.29, 0.717) is 13.2 Å². The minimum atomic E-state index is -0.427. The van der Waals surface area contributed by atoms with Gasteiger partial charge in [-0.1, -0.05) is 19.9 Å². The molecule has 1 aromatic carbocycles. The smallest absolute Gasteiger partial charge is 0.497 e. The van der Waals surface area contributed by atoms with E-state index in [2.05, 4.69) is 13.8 Å². The SMILES string of the molecule is COc1cccc(OC)c1B1OCC(C)(C)CO1. The van der Waals surface area contributed by atoms with Crippen LogP contribution in [0.1, 0.15) is 13.8 Å². The van der Waals surface area contributed by atoms with Crippen LogP contribution in [0.4, 0.5) is 0 Å². The fourth-order valence-electron chi connectivity index (χ4n) is 1.97. The minimum absolute atomic E-state index is 0.0474. The van der Waals surface area contributed by atoms with E-state index < -0.39 is 7.12 Å². The minimum Gasteiger partial charge on any atom is -0.497 e. The van der Waals surface area contributed by atoms with Gasteiger partial charge in [0.2, 0.25) is 0 Å². The number of hydrogen-bond donors (Lipinski definition) is 0. The van der Waals surface area contributed by atoms with Gasteiger partial charge in [0.05, 0.1) is 19.7 Å². The van der Waals surface area contributed by atoms with Crippen LogP contribution >= 0.6 is 0 Å². The van der Waals surface area contributed by atoms with Crippen molar-refractivity contribution < 1.29 is 18.8 Å². The van der Waals surface area contributed by atoms with E-state index in [9.17, 15) is 0 Å². The van der Waals surface area contributed by atoms with Crippen molar-refractivity contribution in [1.29, 1.82) is 0 Å². The predicted molar refractivity (Wildman–Crippen MR) is 70.6 cm³/mol. The van der Waals surface area contributed by atoms with Gasteiger partial charge in [0.1, 0.15) is 11.5 Å². The lowest BCUT2D eigenvalue weighted by atomic mass is 9.74. The van der Waals surface area contributed by atoms with Gasteiger partial charge in [-0.25, -0.2) is 0 Å². The fraction of sp³-hybridized carbons (Fsp3) is 0.538. The van der Waals surface area contributed by atoms with Gasteiger partial charge < -0.3 is 18.8 Å². The maximum absolute atomic E-state index is 5.78. The second-order valence-corrected chi connectivity index (χ2v) is 5.19. The molecule has 5 heteroatoms. The molecule has 0 bridgehead atoms. The summed E-state index contributed by atoms with van der Waals surface area (Å²) in [6.45, 7) is 5.53. The zero-order valence-electron chi connectivity index (χ0n) is 11.4. The lowest BCUT2D eigenvalue weighted by molar-refractivity contribution is 0.0339. The monoisotopic (exact) mass is 250 g/mol. The molecule has 1 heterocycles. The third-order valence-electron chi connectivity index (χ3n) is 2.95. The standard InChI is InChI=1S/C13H19BO4/c1-13(2)8-17-14(18-9-13)12-10(15-3)6-5-7-11(12)16-4/h5-7H,8-9H2,1-4H3. The Morgan fingerprint density at radius 3 is 2.00 bits per heavy atom. The predicted octanol–water partition coefficient (Wildman–Crippen LogP) is 1.47. The molecule has 98 valence electrons. The van der Waals surface area contributed by atoms with E-state index >= 15 is 0 Å². The largest absolute Gasteiger partial charge is 0.501 e. The molecule has 18 heavy (non-hydrogen) atoms. The summed E-state index contributed by atoms with van der Waals surface area (Å²) in [5.74, 6) is 1.44. The third-order valence-corrected chi connectivity index (χ3v) is 2.95. The second kappa shape index (κ2) is 5.20. The van der Waals surface area contributed by atoms with Crippen molar-refractivity contribution in [3.05, 3.63) is 18.2 Å². The Morgan fingerprint density at radius 2 is 1.56 bits per heavy atom. The van der Waals surface area contributed by atoms with Crippen LogP contribution in [0.2, 0.25) is 0 Å². The fourth-order valence-corrected chi connectivity index (χ4v) is 1.97. The van der Waals surface area contributed by atoms with E-state index in [4.69, 9.17) is 18.8 Å². The Labute approximate surface area is 108 Å². The zero-order chi connectivity index (χ0) is 13.2. The molecule has 0 N–H and O–H groups in total. The molecule has 0 unspecified atom stereocenters. The maximum atomic E-state index is 5.78. The first-order valence-electron chi connectivity index (χ1n) is 6.01. The average Bonchev–Trinajstić information content (AvgIpc) is 2.38. The van der Waals surface area contributed by atoms with E-state index in [1.54, 1.807) is 14.2 Å². The number of benzene rings is 1. The summed E-state index contributed by atoms with van der Waals surface area (Å²) in [6, 6.07) is 5.64. The first-order chi connectivity index (χ1) is 8.57. The van der Waals surface area contributed by atoms with Crippen molar-refractivity contribution in [1.82, 2.24) is 0 Å². The van der Waals surface area contributed by atoms with E-state index in [0.717, 1.165) is 17.0 Å². The molecule has 1 aromatic rings. The van der Waals surface area contributed by atoms with Crippen LogP contribution < -0.4 is 14.9 Å². The first-order valence-corrected chi connectivity index (χ1v) is 6.01. The van der Waals surface area contributed by atoms with Gasteiger partial charge in [0.25, 0.3) is 0 Å². The van der Waals surface area contributed by atoms with E-state index in [-0.39, 0.29) is 5.41 Å². The summed E-state index contributed by atoms with van der Waals surface area (Å²) in [5, 5.41) is 0. The quantitative estimate of drug-likeness (QED) is 0.761. The van der Waals surface area contributed by atoms with Crippen molar-refractivity contribution in [2.24, 2.45) is 5.41 Å². The van der Waals surface area contributed by atoms with Crippen LogP contribution in [0.25, 0.3) is 0 Å². The van der Waals surface area contributed by atoms with Gasteiger partial charge in [-0.2, -0.15) is 0 Å². The molecule has 0 saturated carbocycles. The van der Waals surface area contributed by atoms with Gasteiger partial charge in [0, 0.05) is 18.6 Å². The molecule has 1 fully saturated rings. The van der Waals surface area contributed by atoms with Gasteiger partial charge in [0.15, 0.2) is 0 Å². The summed E-state index contributed by atoms with van der Waals surface area (Å²) in [4.78, 5) is 0.